The molecule has 0 radical (unpaired) electrons. The zero-order valence-corrected chi connectivity index (χ0v) is 13.7. The summed E-state index contributed by atoms with van der Waals surface area (Å²) in [4.78, 5) is 6.84. The average molecular weight is 296 g/mol. The number of aromatic nitrogens is 1. The van der Waals surface area contributed by atoms with E-state index in [1.54, 1.807) is 0 Å². The van der Waals surface area contributed by atoms with Gasteiger partial charge in [-0.1, -0.05) is 24.3 Å². The lowest BCUT2D eigenvalue weighted by Gasteiger charge is -2.32. The maximum absolute atomic E-state index is 5.44. The number of aryl methyl sites for hydroxylation is 2. The fraction of sp³-hybridized carbons (Fsp3) is 0.421. The minimum absolute atomic E-state index is 0.443. The second-order valence-corrected chi connectivity index (χ2v) is 6.09. The number of pyridine rings is 1. The monoisotopic (exact) mass is 296 g/mol. The first-order valence-corrected chi connectivity index (χ1v) is 8.00. The predicted molar refractivity (Wildman–Crippen MR) is 90.0 cm³/mol. The zero-order valence-electron chi connectivity index (χ0n) is 13.7. The number of hydrogen-bond acceptors (Lipinski definition) is 3. The highest BCUT2D eigenvalue weighted by molar-refractivity contribution is 5.67. The van der Waals surface area contributed by atoms with Gasteiger partial charge in [-0.25, -0.2) is 0 Å². The van der Waals surface area contributed by atoms with Crippen molar-refractivity contribution in [3.05, 3.63) is 53.3 Å². The summed E-state index contributed by atoms with van der Waals surface area (Å²) < 4.78 is 5.44. The van der Waals surface area contributed by atoms with Gasteiger partial charge < -0.3 is 4.74 Å². The molecule has 0 spiro atoms. The molecule has 1 aromatic heterocycles. The third kappa shape index (κ3) is 3.21. The van der Waals surface area contributed by atoms with Gasteiger partial charge in [-0.15, -0.1) is 0 Å². The third-order valence-electron chi connectivity index (χ3n) is 4.54. The van der Waals surface area contributed by atoms with Crippen LogP contribution in [0, 0.1) is 13.8 Å². The van der Waals surface area contributed by atoms with E-state index >= 15 is 0 Å². The molecule has 1 fully saturated rings. The first-order valence-electron chi connectivity index (χ1n) is 8.00. The first kappa shape index (κ1) is 15.2. The van der Waals surface area contributed by atoms with Crippen LogP contribution >= 0.6 is 0 Å². The van der Waals surface area contributed by atoms with Crippen molar-refractivity contribution < 1.29 is 4.74 Å². The molecule has 3 heteroatoms. The topological polar surface area (TPSA) is 25.4 Å². The number of nitrogens with zero attached hydrogens (tertiary/aromatic N) is 2. The number of rotatable bonds is 3. The molecule has 0 N–H and O–H groups in total. The van der Waals surface area contributed by atoms with E-state index in [2.05, 4.69) is 54.1 Å². The van der Waals surface area contributed by atoms with Gasteiger partial charge in [-0.3, -0.25) is 9.88 Å². The van der Waals surface area contributed by atoms with Gasteiger partial charge in [0, 0.05) is 31.0 Å². The molecule has 1 aliphatic heterocycles. The minimum atomic E-state index is 0.443. The molecule has 0 aliphatic carbocycles. The number of morpholine rings is 1. The summed E-state index contributed by atoms with van der Waals surface area (Å²) in [7, 11) is 0. The fourth-order valence-corrected chi connectivity index (χ4v) is 3.06. The molecule has 1 atom stereocenters. The third-order valence-corrected chi connectivity index (χ3v) is 4.54. The highest BCUT2D eigenvalue weighted by Crippen LogP contribution is 2.27. The molecule has 3 nitrogen and oxygen atoms in total. The average Bonchev–Trinajstić information content (AvgIpc) is 2.57. The van der Waals surface area contributed by atoms with E-state index in [1.165, 1.54) is 22.3 Å². The molecule has 1 aliphatic rings. The molecule has 3 rings (SSSR count). The van der Waals surface area contributed by atoms with Gasteiger partial charge in [-0.05, 0) is 49.1 Å². The van der Waals surface area contributed by atoms with Crippen LogP contribution in [0.25, 0.3) is 11.1 Å². The molecular weight excluding hydrogens is 272 g/mol. The lowest BCUT2D eigenvalue weighted by Crippen LogP contribution is -2.37. The maximum atomic E-state index is 5.44. The molecular formula is C19H24N2O. The second kappa shape index (κ2) is 6.59. The van der Waals surface area contributed by atoms with Gasteiger partial charge >= 0.3 is 0 Å². The molecule has 1 aromatic carbocycles. The van der Waals surface area contributed by atoms with Crippen molar-refractivity contribution in [3.8, 4) is 11.1 Å². The Morgan fingerprint density at radius 1 is 1.09 bits per heavy atom. The van der Waals surface area contributed by atoms with Crippen molar-refractivity contribution in [2.24, 2.45) is 0 Å². The van der Waals surface area contributed by atoms with Crippen LogP contribution in [0.3, 0.4) is 0 Å². The Bertz CT molecular complexity index is 630. The Labute approximate surface area is 132 Å². The molecule has 0 amide bonds. The van der Waals surface area contributed by atoms with Crippen molar-refractivity contribution in [1.82, 2.24) is 9.88 Å². The highest BCUT2D eigenvalue weighted by atomic mass is 16.5. The summed E-state index contributed by atoms with van der Waals surface area (Å²) in [6.07, 6.45) is 1.95. The van der Waals surface area contributed by atoms with Crippen LogP contribution < -0.4 is 0 Å². The van der Waals surface area contributed by atoms with E-state index in [4.69, 9.17) is 4.74 Å². The summed E-state index contributed by atoms with van der Waals surface area (Å²) >= 11 is 0. The summed E-state index contributed by atoms with van der Waals surface area (Å²) in [5.41, 5.74) is 6.19. The standard InChI is InChI=1S/C19H24N2O/c1-14-13-20-15(2)12-19(14)18-6-4-17(5-7-18)16(3)21-8-10-22-11-9-21/h4-7,12-13,16H,8-11H2,1-3H3/t16-/m1/s1. The number of ether oxygens (including phenoxy) is 1. The lowest BCUT2D eigenvalue weighted by molar-refractivity contribution is 0.0198. The summed E-state index contributed by atoms with van der Waals surface area (Å²) in [5, 5.41) is 0. The van der Waals surface area contributed by atoms with Crippen molar-refractivity contribution >= 4 is 0 Å². The van der Waals surface area contributed by atoms with E-state index in [0.29, 0.717) is 6.04 Å². The summed E-state index contributed by atoms with van der Waals surface area (Å²) in [6, 6.07) is 11.6. The molecule has 116 valence electrons. The molecule has 2 heterocycles. The zero-order chi connectivity index (χ0) is 15.5. The molecule has 22 heavy (non-hydrogen) atoms. The van der Waals surface area contributed by atoms with E-state index in [-0.39, 0.29) is 0 Å². The van der Waals surface area contributed by atoms with Crippen molar-refractivity contribution in [2.75, 3.05) is 26.3 Å². The quantitative estimate of drug-likeness (QED) is 0.862. The molecule has 1 saturated heterocycles. The number of benzene rings is 1. The van der Waals surface area contributed by atoms with Gasteiger partial charge in [0.2, 0.25) is 0 Å². The van der Waals surface area contributed by atoms with Crippen LogP contribution in [0.4, 0.5) is 0 Å². The molecule has 0 saturated carbocycles. The van der Waals surface area contributed by atoms with Crippen molar-refractivity contribution in [2.45, 2.75) is 26.8 Å². The van der Waals surface area contributed by atoms with Crippen molar-refractivity contribution in [1.29, 1.82) is 0 Å². The fourth-order valence-electron chi connectivity index (χ4n) is 3.06. The lowest BCUT2D eigenvalue weighted by atomic mass is 9.98. The summed E-state index contributed by atoms with van der Waals surface area (Å²) in [5.74, 6) is 0. The van der Waals surface area contributed by atoms with Gasteiger partial charge in [0.1, 0.15) is 0 Å². The Morgan fingerprint density at radius 3 is 2.45 bits per heavy atom. The molecule has 0 bridgehead atoms. The first-order chi connectivity index (χ1) is 10.6. The Morgan fingerprint density at radius 2 is 1.77 bits per heavy atom. The SMILES string of the molecule is Cc1cc(-c2ccc([C@@H](C)N3CCOCC3)cc2)c(C)cn1. The smallest absolute Gasteiger partial charge is 0.0594 e. The van der Waals surface area contributed by atoms with Crippen LogP contribution in [0.2, 0.25) is 0 Å². The van der Waals surface area contributed by atoms with E-state index in [0.717, 1.165) is 32.0 Å². The highest BCUT2D eigenvalue weighted by Gasteiger charge is 2.18. The van der Waals surface area contributed by atoms with Gasteiger partial charge in [0.25, 0.3) is 0 Å². The number of hydrogen-bond donors (Lipinski definition) is 0. The molecule has 2 aromatic rings. The largest absolute Gasteiger partial charge is 0.379 e. The van der Waals surface area contributed by atoms with E-state index in [1.807, 2.05) is 13.1 Å². The minimum Gasteiger partial charge on any atom is -0.379 e. The van der Waals surface area contributed by atoms with Crippen LogP contribution in [0.5, 0.6) is 0 Å². The Kier molecular flexibility index (Phi) is 4.55. The second-order valence-electron chi connectivity index (χ2n) is 6.09. The molecule has 0 unspecified atom stereocenters. The van der Waals surface area contributed by atoms with Crippen LogP contribution in [-0.2, 0) is 4.74 Å². The van der Waals surface area contributed by atoms with E-state index < -0.39 is 0 Å². The van der Waals surface area contributed by atoms with Gasteiger partial charge in [0.05, 0.1) is 13.2 Å². The van der Waals surface area contributed by atoms with Crippen LogP contribution in [0.15, 0.2) is 36.5 Å². The van der Waals surface area contributed by atoms with Crippen molar-refractivity contribution in [3.63, 3.8) is 0 Å². The van der Waals surface area contributed by atoms with Gasteiger partial charge in [-0.2, -0.15) is 0 Å². The summed E-state index contributed by atoms with van der Waals surface area (Å²) in [6.45, 7) is 10.2. The Balaban J connectivity index is 1.81. The van der Waals surface area contributed by atoms with Gasteiger partial charge in [0.15, 0.2) is 0 Å². The van der Waals surface area contributed by atoms with Crippen LogP contribution in [-0.4, -0.2) is 36.2 Å². The Hall–Kier alpha value is -1.71. The predicted octanol–water partition coefficient (Wildman–Crippen LogP) is 3.76. The normalized spacial score (nSPS) is 17.4. The van der Waals surface area contributed by atoms with E-state index in [9.17, 15) is 0 Å². The maximum Gasteiger partial charge on any atom is 0.0594 e. The van der Waals surface area contributed by atoms with Crippen LogP contribution in [0.1, 0.15) is 29.8 Å².